The number of nitrogens with zero attached hydrogens (tertiary/aromatic N) is 4. The molecule has 0 bridgehead atoms. The zero-order valence-corrected chi connectivity index (χ0v) is 24.1. The van der Waals surface area contributed by atoms with Gasteiger partial charge in [0.1, 0.15) is 19.4 Å². The standard InChI is InChI=1S/C26H32N4O6S2/c1-31-17-11-15-25(23(35-5)21(17)33-3)37-19(27-15)13-29-7-9-30(10-8-29)14-20-28-16-12-18(32-2)22(34-4)24(36-6)26(16)38-20/h11-12H,7-10,13-14H2,1-6H3. The van der Waals surface area contributed by atoms with E-state index in [1.54, 1.807) is 65.3 Å². The Balaban J connectivity index is 1.26. The third kappa shape index (κ3) is 4.89. The molecule has 1 aliphatic rings. The van der Waals surface area contributed by atoms with E-state index in [2.05, 4.69) is 9.80 Å². The molecule has 0 atom stereocenters. The molecule has 4 aromatic rings. The second-order valence-electron chi connectivity index (χ2n) is 8.75. The second kappa shape index (κ2) is 11.4. The molecule has 1 fully saturated rings. The van der Waals surface area contributed by atoms with Crippen LogP contribution in [0, 0.1) is 0 Å². The van der Waals surface area contributed by atoms with Gasteiger partial charge in [0.25, 0.3) is 0 Å². The van der Waals surface area contributed by atoms with E-state index in [1.807, 2.05) is 12.1 Å². The molecule has 1 aliphatic heterocycles. The molecule has 204 valence electrons. The van der Waals surface area contributed by atoms with Crippen molar-refractivity contribution >= 4 is 43.1 Å². The van der Waals surface area contributed by atoms with E-state index >= 15 is 0 Å². The zero-order chi connectivity index (χ0) is 26.8. The molecule has 3 heterocycles. The number of hydrogen-bond acceptors (Lipinski definition) is 12. The van der Waals surface area contributed by atoms with Crippen molar-refractivity contribution in [2.45, 2.75) is 13.1 Å². The fourth-order valence-corrected chi connectivity index (χ4v) is 6.98. The molecular formula is C26H32N4O6S2. The summed E-state index contributed by atoms with van der Waals surface area (Å²) < 4.78 is 35.3. The van der Waals surface area contributed by atoms with Crippen LogP contribution >= 0.6 is 22.7 Å². The highest BCUT2D eigenvalue weighted by Crippen LogP contribution is 2.46. The number of aromatic nitrogens is 2. The van der Waals surface area contributed by atoms with Gasteiger partial charge in [-0.2, -0.15) is 0 Å². The molecule has 0 unspecified atom stereocenters. The fraction of sp³-hybridized carbons (Fsp3) is 0.462. The molecule has 10 nitrogen and oxygen atoms in total. The molecule has 0 amide bonds. The van der Waals surface area contributed by atoms with Crippen molar-refractivity contribution < 1.29 is 28.4 Å². The Morgan fingerprint density at radius 3 is 1.26 bits per heavy atom. The first-order valence-corrected chi connectivity index (χ1v) is 13.8. The maximum atomic E-state index is 5.65. The lowest BCUT2D eigenvalue weighted by Crippen LogP contribution is -2.45. The van der Waals surface area contributed by atoms with E-state index in [1.165, 1.54) is 0 Å². The van der Waals surface area contributed by atoms with Crippen molar-refractivity contribution in [2.24, 2.45) is 0 Å². The lowest BCUT2D eigenvalue weighted by Gasteiger charge is -2.33. The van der Waals surface area contributed by atoms with Crippen LogP contribution in [-0.4, -0.2) is 88.6 Å². The smallest absolute Gasteiger partial charge is 0.204 e. The molecule has 0 radical (unpaired) electrons. The average Bonchev–Trinajstić information content (AvgIpc) is 3.54. The third-order valence-corrected chi connectivity index (χ3v) is 8.75. The normalized spacial score (nSPS) is 14.7. The average molecular weight is 561 g/mol. The Hall–Kier alpha value is -3.06. The molecule has 2 aromatic carbocycles. The predicted octanol–water partition coefficient (Wildman–Crippen LogP) is 4.28. The number of methoxy groups -OCH3 is 6. The summed E-state index contributed by atoms with van der Waals surface area (Å²) in [5.41, 5.74) is 1.72. The molecule has 1 saturated heterocycles. The Labute approximate surface area is 229 Å². The van der Waals surface area contributed by atoms with Crippen LogP contribution in [0.3, 0.4) is 0 Å². The van der Waals surface area contributed by atoms with E-state index in [-0.39, 0.29) is 0 Å². The SMILES string of the molecule is COc1cc2nc(CN3CCN(Cc4nc5cc(OC)c(OC)c(OC)c5s4)CC3)sc2c(OC)c1OC. The van der Waals surface area contributed by atoms with E-state index in [0.717, 1.165) is 69.7 Å². The molecule has 0 spiro atoms. The van der Waals surface area contributed by atoms with Gasteiger partial charge >= 0.3 is 0 Å². The van der Waals surface area contributed by atoms with Gasteiger partial charge in [-0.3, -0.25) is 9.80 Å². The minimum Gasteiger partial charge on any atom is -0.493 e. The fourth-order valence-electron chi connectivity index (χ4n) is 4.77. The highest BCUT2D eigenvalue weighted by atomic mass is 32.1. The Morgan fingerprint density at radius 2 is 0.947 bits per heavy atom. The Bertz CT molecular complexity index is 1320. The van der Waals surface area contributed by atoms with Gasteiger partial charge in [-0.05, 0) is 0 Å². The third-order valence-electron chi connectivity index (χ3n) is 6.64. The molecule has 2 aromatic heterocycles. The molecule has 12 heteroatoms. The molecular weight excluding hydrogens is 528 g/mol. The molecule has 0 saturated carbocycles. The predicted molar refractivity (Wildman–Crippen MR) is 149 cm³/mol. The quantitative estimate of drug-likeness (QED) is 0.280. The Morgan fingerprint density at radius 1 is 0.579 bits per heavy atom. The van der Waals surface area contributed by atoms with Gasteiger partial charge in [0.15, 0.2) is 23.0 Å². The second-order valence-corrected chi connectivity index (χ2v) is 10.9. The number of rotatable bonds is 10. The van der Waals surface area contributed by atoms with Crippen LogP contribution in [-0.2, 0) is 13.1 Å². The monoisotopic (exact) mass is 560 g/mol. The first-order valence-electron chi connectivity index (χ1n) is 12.1. The van der Waals surface area contributed by atoms with E-state index in [0.29, 0.717) is 34.5 Å². The summed E-state index contributed by atoms with van der Waals surface area (Å²) in [6.07, 6.45) is 0. The largest absolute Gasteiger partial charge is 0.493 e. The zero-order valence-electron chi connectivity index (χ0n) is 22.5. The summed E-state index contributed by atoms with van der Waals surface area (Å²) in [6, 6.07) is 3.82. The van der Waals surface area contributed by atoms with Crippen LogP contribution < -0.4 is 28.4 Å². The summed E-state index contributed by atoms with van der Waals surface area (Å²) >= 11 is 3.28. The molecule has 5 rings (SSSR count). The van der Waals surface area contributed by atoms with E-state index < -0.39 is 0 Å². The lowest BCUT2D eigenvalue weighted by atomic mass is 10.2. The van der Waals surface area contributed by atoms with E-state index in [4.69, 9.17) is 38.4 Å². The van der Waals surface area contributed by atoms with Crippen molar-refractivity contribution in [3.8, 4) is 34.5 Å². The maximum Gasteiger partial charge on any atom is 0.204 e. The van der Waals surface area contributed by atoms with Gasteiger partial charge in [-0.25, -0.2) is 9.97 Å². The van der Waals surface area contributed by atoms with Crippen molar-refractivity contribution in [3.63, 3.8) is 0 Å². The van der Waals surface area contributed by atoms with Crippen molar-refractivity contribution in [1.29, 1.82) is 0 Å². The van der Waals surface area contributed by atoms with Crippen LogP contribution in [0.15, 0.2) is 12.1 Å². The number of hydrogen-bond donors (Lipinski definition) is 0. The first-order chi connectivity index (χ1) is 18.5. The molecule has 0 N–H and O–H groups in total. The topological polar surface area (TPSA) is 87.6 Å². The molecule has 38 heavy (non-hydrogen) atoms. The number of benzene rings is 2. The number of fused-ring (bicyclic) bond motifs is 2. The minimum absolute atomic E-state index is 0.593. The molecule has 0 aliphatic carbocycles. The number of ether oxygens (including phenoxy) is 6. The van der Waals surface area contributed by atoms with Gasteiger partial charge in [-0.1, -0.05) is 0 Å². The van der Waals surface area contributed by atoms with Crippen LogP contribution in [0.5, 0.6) is 34.5 Å². The van der Waals surface area contributed by atoms with Crippen molar-refractivity contribution in [2.75, 3.05) is 68.8 Å². The van der Waals surface area contributed by atoms with Crippen LogP contribution in [0.1, 0.15) is 10.0 Å². The first kappa shape index (κ1) is 26.5. The Kier molecular flexibility index (Phi) is 7.93. The van der Waals surface area contributed by atoms with Gasteiger partial charge in [0.05, 0.1) is 66.8 Å². The van der Waals surface area contributed by atoms with Gasteiger partial charge in [0.2, 0.25) is 11.5 Å². The summed E-state index contributed by atoms with van der Waals surface area (Å²) in [4.78, 5) is 14.6. The summed E-state index contributed by atoms with van der Waals surface area (Å²) in [6.45, 7) is 5.40. The van der Waals surface area contributed by atoms with Crippen molar-refractivity contribution in [3.05, 3.63) is 22.1 Å². The van der Waals surface area contributed by atoms with Crippen LogP contribution in [0.4, 0.5) is 0 Å². The van der Waals surface area contributed by atoms with Gasteiger partial charge in [-0.15, -0.1) is 22.7 Å². The highest BCUT2D eigenvalue weighted by Gasteiger charge is 2.24. The summed E-state index contributed by atoms with van der Waals surface area (Å²) in [5, 5.41) is 2.09. The maximum absolute atomic E-state index is 5.65. The minimum atomic E-state index is 0.593. The number of thiazole rings is 2. The lowest BCUT2D eigenvalue weighted by molar-refractivity contribution is 0.122. The van der Waals surface area contributed by atoms with Crippen molar-refractivity contribution in [1.82, 2.24) is 19.8 Å². The van der Waals surface area contributed by atoms with Gasteiger partial charge in [0, 0.05) is 38.3 Å². The van der Waals surface area contributed by atoms with Gasteiger partial charge < -0.3 is 28.4 Å². The van der Waals surface area contributed by atoms with E-state index in [9.17, 15) is 0 Å². The number of piperazine rings is 1. The van der Waals surface area contributed by atoms with Crippen LogP contribution in [0.25, 0.3) is 20.4 Å². The van der Waals surface area contributed by atoms with Crippen LogP contribution in [0.2, 0.25) is 0 Å². The summed E-state index contributed by atoms with van der Waals surface area (Å²) in [5.74, 6) is 3.75. The highest BCUT2D eigenvalue weighted by molar-refractivity contribution is 7.19. The summed E-state index contributed by atoms with van der Waals surface area (Å²) in [7, 11) is 9.76.